The van der Waals surface area contributed by atoms with Crippen molar-refractivity contribution in [1.82, 2.24) is 19.9 Å². The minimum absolute atomic E-state index is 0.224. The highest BCUT2D eigenvalue weighted by Gasteiger charge is 2.50. The van der Waals surface area contributed by atoms with E-state index in [2.05, 4.69) is 15.3 Å². The Kier molecular flexibility index (Phi) is 7.26. The molecule has 178 valence electrons. The summed E-state index contributed by atoms with van der Waals surface area (Å²) >= 11 is 5.98. The number of rotatable bonds is 9. The second-order valence-corrected chi connectivity index (χ2v) is 8.38. The third kappa shape index (κ3) is 4.82. The van der Waals surface area contributed by atoms with Crippen molar-refractivity contribution in [3.05, 3.63) is 65.7 Å². The number of carbonyl (C=O) groups excluding carboxylic acids is 2. The number of pyridine rings is 1. The van der Waals surface area contributed by atoms with Gasteiger partial charge in [-0.15, -0.1) is 0 Å². The van der Waals surface area contributed by atoms with Crippen molar-refractivity contribution in [2.24, 2.45) is 5.73 Å². The summed E-state index contributed by atoms with van der Waals surface area (Å²) in [5.41, 5.74) is 7.52. The third-order valence-corrected chi connectivity index (χ3v) is 5.92. The largest absolute Gasteiger partial charge is 0.365 e. The molecule has 9 nitrogen and oxygen atoms in total. The Morgan fingerprint density at radius 2 is 1.94 bits per heavy atom. The first-order chi connectivity index (χ1) is 16.4. The Hall–Kier alpha value is -3.27. The Bertz CT molecular complexity index is 1160. The summed E-state index contributed by atoms with van der Waals surface area (Å²) < 4.78 is 12.9. The van der Waals surface area contributed by atoms with Crippen molar-refractivity contribution in [2.75, 3.05) is 13.2 Å². The molecule has 2 amide bonds. The lowest BCUT2D eigenvalue weighted by Gasteiger charge is -2.33. The van der Waals surface area contributed by atoms with Crippen LogP contribution < -0.4 is 11.1 Å². The molecule has 1 saturated heterocycles. The fourth-order valence-corrected chi connectivity index (χ4v) is 4.06. The zero-order valence-electron chi connectivity index (χ0n) is 18.7. The van der Waals surface area contributed by atoms with Crippen molar-refractivity contribution in [2.45, 2.75) is 38.0 Å². The molecule has 1 atom stereocenters. The van der Waals surface area contributed by atoms with Crippen LogP contribution in [-0.4, -0.2) is 51.4 Å². The number of hydrogen-bond donors (Lipinski definition) is 2. The maximum atomic E-state index is 13.4. The van der Waals surface area contributed by atoms with E-state index in [4.69, 9.17) is 26.8 Å². The molecule has 3 aromatic rings. The van der Waals surface area contributed by atoms with Crippen LogP contribution in [0.25, 0.3) is 17.1 Å². The average molecular weight is 484 g/mol. The van der Waals surface area contributed by atoms with E-state index in [1.54, 1.807) is 47.6 Å². The molecule has 0 aliphatic carbocycles. The molecule has 0 saturated carbocycles. The van der Waals surface area contributed by atoms with E-state index < -0.39 is 23.6 Å². The highest BCUT2D eigenvalue weighted by atomic mass is 35.5. The van der Waals surface area contributed by atoms with Crippen LogP contribution in [-0.2, 0) is 14.3 Å². The standard InChI is InChI=1S/C24H26ClN5O4/c1-2-3-6-20(24(23(26)32)33-12-13-34-24)29-22(31)18-5-4-11-27-21(18)30-14-19(28-15-30)16-7-9-17(25)10-8-16/h4-5,7-11,14-15,20H,2-3,6,12-13H2,1H3,(H2,26,32)(H,29,31). The number of benzene rings is 1. The molecule has 3 heterocycles. The van der Waals surface area contributed by atoms with Crippen molar-refractivity contribution >= 4 is 23.4 Å². The topological polar surface area (TPSA) is 121 Å². The maximum absolute atomic E-state index is 13.4. The van der Waals surface area contributed by atoms with E-state index in [0.29, 0.717) is 28.5 Å². The van der Waals surface area contributed by atoms with Crippen molar-refractivity contribution in [3.8, 4) is 17.1 Å². The molecule has 0 bridgehead atoms. The van der Waals surface area contributed by atoms with Gasteiger partial charge in [-0.05, 0) is 30.7 Å². The second-order valence-electron chi connectivity index (χ2n) is 7.94. The van der Waals surface area contributed by atoms with Crippen molar-refractivity contribution in [1.29, 1.82) is 0 Å². The summed E-state index contributed by atoms with van der Waals surface area (Å²) in [7, 11) is 0. The lowest BCUT2D eigenvalue weighted by molar-refractivity contribution is -0.190. The number of carbonyl (C=O) groups is 2. The quantitative estimate of drug-likeness (QED) is 0.482. The first kappa shape index (κ1) is 23.9. The van der Waals surface area contributed by atoms with Gasteiger partial charge in [-0.2, -0.15) is 0 Å². The molecule has 3 N–H and O–H groups in total. The molecule has 1 fully saturated rings. The number of amides is 2. The van der Waals surface area contributed by atoms with Crippen LogP contribution in [0.1, 0.15) is 36.5 Å². The number of aromatic nitrogens is 3. The van der Waals surface area contributed by atoms with E-state index >= 15 is 0 Å². The average Bonchev–Trinajstić information content (AvgIpc) is 3.53. The molecule has 1 aromatic carbocycles. The summed E-state index contributed by atoms with van der Waals surface area (Å²) in [5, 5.41) is 3.54. The van der Waals surface area contributed by atoms with Crippen LogP contribution in [0.15, 0.2) is 55.1 Å². The Morgan fingerprint density at radius 1 is 1.21 bits per heavy atom. The van der Waals surface area contributed by atoms with Gasteiger partial charge in [-0.3, -0.25) is 14.2 Å². The number of nitrogens with two attached hydrogens (primary N) is 1. The molecule has 0 radical (unpaired) electrons. The molecule has 1 aliphatic rings. The van der Waals surface area contributed by atoms with Crippen molar-refractivity contribution in [3.63, 3.8) is 0 Å². The number of nitrogens with zero attached hydrogens (tertiary/aromatic N) is 3. The Balaban J connectivity index is 1.62. The number of hydrogen-bond acceptors (Lipinski definition) is 6. The number of ether oxygens (including phenoxy) is 2. The summed E-state index contributed by atoms with van der Waals surface area (Å²) in [4.78, 5) is 34.5. The summed E-state index contributed by atoms with van der Waals surface area (Å²) in [6, 6.07) is 9.88. The fourth-order valence-electron chi connectivity index (χ4n) is 3.93. The van der Waals surface area contributed by atoms with Gasteiger partial charge in [0.25, 0.3) is 17.6 Å². The van der Waals surface area contributed by atoms with Crippen LogP contribution >= 0.6 is 11.6 Å². The smallest absolute Gasteiger partial charge is 0.280 e. The van der Waals surface area contributed by atoms with Gasteiger partial charge < -0.3 is 20.5 Å². The third-order valence-electron chi connectivity index (χ3n) is 5.67. The lowest BCUT2D eigenvalue weighted by atomic mass is 9.99. The summed E-state index contributed by atoms with van der Waals surface area (Å²) in [5.74, 6) is -2.49. The number of nitrogens with one attached hydrogen (secondary N) is 1. The minimum atomic E-state index is -1.69. The minimum Gasteiger partial charge on any atom is -0.365 e. The molecular formula is C24H26ClN5O4. The van der Waals surface area contributed by atoms with E-state index in [-0.39, 0.29) is 13.2 Å². The van der Waals surface area contributed by atoms with Crippen molar-refractivity contribution < 1.29 is 19.1 Å². The van der Waals surface area contributed by atoms with Crippen LogP contribution in [0.2, 0.25) is 5.02 Å². The first-order valence-corrected chi connectivity index (χ1v) is 11.5. The van der Waals surface area contributed by atoms with Crippen LogP contribution in [0.5, 0.6) is 0 Å². The molecule has 10 heteroatoms. The number of imidazole rings is 1. The van der Waals surface area contributed by atoms with Crippen LogP contribution in [0, 0.1) is 0 Å². The molecule has 2 aromatic heterocycles. The highest BCUT2D eigenvalue weighted by molar-refractivity contribution is 6.30. The van der Waals surface area contributed by atoms with E-state index in [0.717, 1.165) is 18.4 Å². The molecule has 0 spiro atoms. The van der Waals surface area contributed by atoms with Gasteiger partial charge in [0.15, 0.2) is 5.82 Å². The van der Waals surface area contributed by atoms with E-state index in [1.165, 1.54) is 0 Å². The molecular weight excluding hydrogens is 458 g/mol. The Morgan fingerprint density at radius 3 is 2.62 bits per heavy atom. The SMILES string of the molecule is CCCCC(NC(=O)c1cccnc1-n1cnc(-c2ccc(Cl)cc2)c1)C1(C(N)=O)OCCO1. The zero-order valence-corrected chi connectivity index (χ0v) is 19.5. The first-order valence-electron chi connectivity index (χ1n) is 11.1. The van der Waals surface area contributed by atoms with Gasteiger partial charge in [0.05, 0.1) is 30.5 Å². The van der Waals surface area contributed by atoms with Gasteiger partial charge >= 0.3 is 0 Å². The fraction of sp³-hybridized carbons (Fsp3) is 0.333. The molecule has 4 rings (SSSR count). The van der Waals surface area contributed by atoms with Crippen LogP contribution in [0.3, 0.4) is 0 Å². The molecule has 1 aliphatic heterocycles. The zero-order chi connectivity index (χ0) is 24.1. The normalized spacial score (nSPS) is 15.7. The summed E-state index contributed by atoms with van der Waals surface area (Å²) in [6.45, 7) is 2.47. The maximum Gasteiger partial charge on any atom is 0.280 e. The van der Waals surface area contributed by atoms with Gasteiger partial charge in [0, 0.05) is 23.0 Å². The predicted octanol–water partition coefficient (Wildman–Crippen LogP) is 3.10. The van der Waals surface area contributed by atoms with Gasteiger partial charge in [-0.25, -0.2) is 9.97 Å². The number of unbranched alkanes of at least 4 members (excludes halogenated alkanes) is 1. The van der Waals surface area contributed by atoms with Gasteiger partial charge in [-0.1, -0.05) is 43.5 Å². The highest BCUT2D eigenvalue weighted by Crippen LogP contribution is 2.28. The van der Waals surface area contributed by atoms with Gasteiger partial charge in [0.2, 0.25) is 0 Å². The monoisotopic (exact) mass is 483 g/mol. The predicted molar refractivity (Wildman–Crippen MR) is 126 cm³/mol. The van der Waals surface area contributed by atoms with E-state index in [9.17, 15) is 9.59 Å². The van der Waals surface area contributed by atoms with E-state index in [1.807, 2.05) is 19.1 Å². The molecule has 1 unspecified atom stereocenters. The number of halogens is 1. The molecule has 34 heavy (non-hydrogen) atoms. The Labute approximate surface area is 202 Å². The number of primary amides is 1. The summed E-state index contributed by atoms with van der Waals surface area (Å²) in [6.07, 6.45) is 7.04. The lowest BCUT2D eigenvalue weighted by Crippen LogP contribution is -2.60. The van der Waals surface area contributed by atoms with Crippen LogP contribution in [0.4, 0.5) is 0 Å². The second kappa shape index (κ2) is 10.3. The van der Waals surface area contributed by atoms with Gasteiger partial charge in [0.1, 0.15) is 6.33 Å².